The predicted octanol–water partition coefficient (Wildman–Crippen LogP) is 1.05. The smallest absolute Gasteiger partial charge is 0.364 e. The highest BCUT2D eigenvalue weighted by Gasteiger charge is 2.40. The maximum absolute atomic E-state index is 12.6. The normalized spacial score (nSPS) is 12.1. The second-order valence-electron chi connectivity index (χ2n) is 3.72. The lowest BCUT2D eigenvalue weighted by atomic mass is 10.2. The van der Waals surface area contributed by atoms with Crippen molar-refractivity contribution >= 4 is 5.91 Å². The molecule has 1 aromatic heterocycles. The molecule has 1 aromatic rings. The molecule has 1 amide bonds. The molecule has 1 heterocycles. The molecular weight excluding hydrogens is 225 g/mol. The Balaban J connectivity index is 3.25. The number of rotatable bonds is 3. The molecule has 90 valence electrons. The second-order valence-corrected chi connectivity index (χ2v) is 3.72. The highest BCUT2D eigenvalue weighted by atomic mass is 19.4. The van der Waals surface area contributed by atoms with Crippen LogP contribution in [0.25, 0.3) is 0 Å². The number of primary amides is 1. The Morgan fingerprint density at radius 3 is 2.44 bits per heavy atom. The minimum atomic E-state index is -4.69. The van der Waals surface area contributed by atoms with Gasteiger partial charge in [0, 0.05) is 6.54 Å². The van der Waals surface area contributed by atoms with E-state index in [2.05, 4.69) is 10.3 Å². The summed E-state index contributed by atoms with van der Waals surface area (Å²) in [5, 5.41) is 6.44. The Labute approximate surface area is 89.4 Å². The highest BCUT2D eigenvalue weighted by Crippen LogP contribution is 2.31. The molecule has 0 bridgehead atoms. The molecule has 0 saturated heterocycles. The number of carbonyl (C=O) groups is 1. The van der Waals surface area contributed by atoms with Gasteiger partial charge in [0.25, 0.3) is 5.91 Å². The predicted molar refractivity (Wildman–Crippen MR) is 48.4 cm³/mol. The van der Waals surface area contributed by atoms with E-state index >= 15 is 0 Å². The van der Waals surface area contributed by atoms with Crippen LogP contribution in [0.15, 0.2) is 0 Å². The Morgan fingerprint density at radius 2 is 2.06 bits per heavy atom. The van der Waals surface area contributed by atoms with Crippen molar-refractivity contribution in [3.05, 3.63) is 11.4 Å². The number of halogens is 3. The van der Waals surface area contributed by atoms with Gasteiger partial charge in [0.2, 0.25) is 0 Å². The molecule has 0 aliphatic carbocycles. The lowest BCUT2D eigenvalue weighted by Crippen LogP contribution is -2.22. The summed E-state index contributed by atoms with van der Waals surface area (Å²) in [5.41, 5.74) is 2.77. The van der Waals surface area contributed by atoms with Crippen LogP contribution in [0.4, 0.5) is 13.2 Å². The molecule has 0 aliphatic heterocycles. The third-order valence-electron chi connectivity index (χ3n) is 1.78. The van der Waals surface area contributed by atoms with Gasteiger partial charge in [-0.25, -0.2) is 4.68 Å². The quantitative estimate of drug-likeness (QED) is 0.852. The largest absolute Gasteiger partial charge is 0.435 e. The molecule has 0 radical (unpaired) electrons. The Morgan fingerprint density at radius 1 is 1.50 bits per heavy atom. The van der Waals surface area contributed by atoms with E-state index in [9.17, 15) is 18.0 Å². The fourth-order valence-electron chi connectivity index (χ4n) is 1.23. The highest BCUT2D eigenvalue weighted by molar-refractivity contribution is 5.91. The first-order valence-electron chi connectivity index (χ1n) is 4.54. The molecule has 0 aliphatic rings. The molecule has 16 heavy (non-hydrogen) atoms. The zero-order chi connectivity index (χ0) is 12.5. The van der Waals surface area contributed by atoms with Crippen molar-refractivity contribution in [3.8, 4) is 0 Å². The number of aromatic nitrogens is 3. The molecule has 5 nitrogen and oxygen atoms in total. The van der Waals surface area contributed by atoms with E-state index in [-0.39, 0.29) is 12.5 Å². The van der Waals surface area contributed by atoms with E-state index in [4.69, 9.17) is 5.73 Å². The summed E-state index contributed by atoms with van der Waals surface area (Å²) in [6, 6.07) is 0. The number of carbonyl (C=O) groups excluding carboxylic acids is 1. The van der Waals surface area contributed by atoms with Gasteiger partial charge in [0.05, 0.1) is 0 Å². The van der Waals surface area contributed by atoms with Gasteiger partial charge in [0.15, 0.2) is 11.4 Å². The lowest BCUT2D eigenvalue weighted by Gasteiger charge is -2.11. The van der Waals surface area contributed by atoms with Crippen LogP contribution in [0.2, 0.25) is 0 Å². The van der Waals surface area contributed by atoms with Crippen LogP contribution in [0.3, 0.4) is 0 Å². The average Bonchev–Trinajstić information content (AvgIpc) is 2.45. The third-order valence-corrected chi connectivity index (χ3v) is 1.78. The number of nitrogens with two attached hydrogens (primary N) is 1. The second kappa shape index (κ2) is 4.11. The number of hydrogen-bond donors (Lipinski definition) is 1. The SMILES string of the molecule is CC(C)Cn1nnc(C(N)=O)c1C(F)(F)F. The Hall–Kier alpha value is -1.60. The summed E-state index contributed by atoms with van der Waals surface area (Å²) in [4.78, 5) is 10.8. The fourth-order valence-corrected chi connectivity index (χ4v) is 1.23. The Kier molecular flexibility index (Phi) is 3.20. The summed E-state index contributed by atoms with van der Waals surface area (Å²) in [6.07, 6.45) is -4.69. The molecule has 1 rings (SSSR count). The summed E-state index contributed by atoms with van der Waals surface area (Å²) in [7, 11) is 0. The third kappa shape index (κ3) is 2.50. The Bertz CT molecular complexity index is 396. The number of nitrogens with zero attached hydrogens (tertiary/aromatic N) is 3. The number of hydrogen-bond acceptors (Lipinski definition) is 3. The summed E-state index contributed by atoms with van der Waals surface area (Å²) < 4.78 is 38.6. The summed E-state index contributed by atoms with van der Waals surface area (Å²) in [6.45, 7) is 3.48. The monoisotopic (exact) mass is 236 g/mol. The molecule has 0 atom stereocenters. The topological polar surface area (TPSA) is 73.8 Å². The van der Waals surface area contributed by atoms with Crippen molar-refractivity contribution in [1.29, 1.82) is 0 Å². The maximum Gasteiger partial charge on any atom is 0.435 e. The van der Waals surface area contributed by atoms with Crippen LogP contribution < -0.4 is 5.73 Å². The van der Waals surface area contributed by atoms with Gasteiger partial charge in [-0.15, -0.1) is 5.10 Å². The van der Waals surface area contributed by atoms with Gasteiger partial charge in [0.1, 0.15) is 0 Å². The standard InChI is InChI=1S/C8H11F3N4O/c1-4(2)3-15-6(8(9,10)11)5(7(12)16)13-14-15/h4H,3H2,1-2H3,(H2,12,16). The van der Waals surface area contributed by atoms with E-state index in [1.807, 2.05) is 0 Å². The lowest BCUT2D eigenvalue weighted by molar-refractivity contribution is -0.144. The van der Waals surface area contributed by atoms with E-state index in [1.54, 1.807) is 13.8 Å². The van der Waals surface area contributed by atoms with Gasteiger partial charge >= 0.3 is 6.18 Å². The van der Waals surface area contributed by atoms with Gasteiger partial charge < -0.3 is 5.73 Å². The van der Waals surface area contributed by atoms with Crippen LogP contribution in [-0.4, -0.2) is 20.9 Å². The van der Waals surface area contributed by atoms with Crippen LogP contribution in [0.1, 0.15) is 30.0 Å². The molecule has 0 fully saturated rings. The molecule has 0 spiro atoms. The molecule has 8 heteroatoms. The first kappa shape index (κ1) is 12.5. The van der Waals surface area contributed by atoms with Crippen molar-refractivity contribution in [1.82, 2.24) is 15.0 Å². The first-order chi connectivity index (χ1) is 7.23. The molecule has 0 aromatic carbocycles. The van der Waals surface area contributed by atoms with Gasteiger partial charge in [-0.05, 0) is 5.92 Å². The van der Waals surface area contributed by atoms with Gasteiger partial charge in [-0.3, -0.25) is 4.79 Å². The van der Waals surface area contributed by atoms with Crippen LogP contribution >= 0.6 is 0 Å². The molecule has 0 saturated carbocycles. The molecular formula is C8H11F3N4O. The van der Waals surface area contributed by atoms with Crippen molar-refractivity contribution in [2.75, 3.05) is 0 Å². The fraction of sp³-hybridized carbons (Fsp3) is 0.625. The minimum Gasteiger partial charge on any atom is -0.364 e. The molecule has 2 N–H and O–H groups in total. The minimum absolute atomic E-state index is 0.0229. The van der Waals surface area contributed by atoms with Gasteiger partial charge in [-0.2, -0.15) is 13.2 Å². The zero-order valence-electron chi connectivity index (χ0n) is 8.75. The van der Waals surface area contributed by atoms with E-state index in [0.717, 1.165) is 0 Å². The summed E-state index contributed by atoms with van der Waals surface area (Å²) >= 11 is 0. The van der Waals surface area contributed by atoms with E-state index in [0.29, 0.717) is 4.68 Å². The number of alkyl halides is 3. The average molecular weight is 236 g/mol. The molecule has 0 unspecified atom stereocenters. The van der Waals surface area contributed by atoms with Gasteiger partial charge in [-0.1, -0.05) is 19.1 Å². The maximum atomic E-state index is 12.6. The van der Waals surface area contributed by atoms with Crippen molar-refractivity contribution < 1.29 is 18.0 Å². The van der Waals surface area contributed by atoms with Crippen LogP contribution in [0, 0.1) is 5.92 Å². The van der Waals surface area contributed by atoms with Crippen LogP contribution in [0.5, 0.6) is 0 Å². The zero-order valence-corrected chi connectivity index (χ0v) is 8.75. The van der Waals surface area contributed by atoms with Crippen molar-refractivity contribution in [2.24, 2.45) is 11.7 Å². The van der Waals surface area contributed by atoms with E-state index < -0.39 is 23.5 Å². The van der Waals surface area contributed by atoms with E-state index in [1.165, 1.54) is 0 Å². The van der Waals surface area contributed by atoms with Crippen LogP contribution in [-0.2, 0) is 12.7 Å². The van der Waals surface area contributed by atoms with Crippen molar-refractivity contribution in [3.63, 3.8) is 0 Å². The summed E-state index contributed by atoms with van der Waals surface area (Å²) in [5.74, 6) is -1.29. The number of amides is 1. The van der Waals surface area contributed by atoms with Crippen molar-refractivity contribution in [2.45, 2.75) is 26.6 Å². The first-order valence-corrected chi connectivity index (χ1v) is 4.54.